The third kappa shape index (κ3) is 6.99. The quantitative estimate of drug-likeness (QED) is 0.676. The van der Waals surface area contributed by atoms with Crippen LogP contribution in [0, 0.1) is 12.7 Å². The molecular formula is C23H27FN2O4. The molecule has 7 heteroatoms. The van der Waals surface area contributed by atoms with Gasteiger partial charge in [-0.25, -0.2) is 4.39 Å². The molecule has 30 heavy (non-hydrogen) atoms. The van der Waals surface area contributed by atoms with Crippen molar-refractivity contribution >= 4 is 23.5 Å². The number of aryl methyl sites for hydroxylation is 1. The lowest BCUT2D eigenvalue weighted by Gasteiger charge is -2.19. The molecule has 0 heterocycles. The summed E-state index contributed by atoms with van der Waals surface area (Å²) < 4.78 is 18.3. The van der Waals surface area contributed by atoms with Gasteiger partial charge in [0.1, 0.15) is 5.82 Å². The number of carbonyl (C=O) groups excluding carboxylic acids is 3. The topological polar surface area (TPSA) is 84.5 Å². The molecule has 6 nitrogen and oxygen atoms in total. The van der Waals surface area contributed by atoms with Crippen molar-refractivity contribution in [3.63, 3.8) is 0 Å². The fourth-order valence-corrected chi connectivity index (χ4v) is 2.59. The second-order valence-corrected chi connectivity index (χ2v) is 8.01. The predicted octanol–water partition coefficient (Wildman–Crippen LogP) is 3.73. The lowest BCUT2D eigenvalue weighted by molar-refractivity contribution is -0.147. The average molecular weight is 414 g/mol. The van der Waals surface area contributed by atoms with Crippen molar-refractivity contribution < 1.29 is 23.5 Å². The van der Waals surface area contributed by atoms with Gasteiger partial charge in [-0.1, -0.05) is 39.0 Å². The summed E-state index contributed by atoms with van der Waals surface area (Å²) in [6.45, 7) is 7.48. The average Bonchev–Trinajstić information content (AvgIpc) is 2.68. The summed E-state index contributed by atoms with van der Waals surface area (Å²) in [7, 11) is 0. The third-order valence-corrected chi connectivity index (χ3v) is 4.45. The minimum absolute atomic E-state index is 0.00132. The molecule has 0 aliphatic carbocycles. The first-order valence-electron chi connectivity index (χ1n) is 9.66. The zero-order valence-corrected chi connectivity index (χ0v) is 17.7. The molecule has 0 unspecified atom stereocenters. The Bertz CT molecular complexity index is 918. The molecule has 0 aliphatic rings. The summed E-state index contributed by atoms with van der Waals surface area (Å²) in [5.74, 6) is -1.92. The van der Waals surface area contributed by atoms with E-state index in [0.29, 0.717) is 11.1 Å². The Hall–Kier alpha value is -3.22. The van der Waals surface area contributed by atoms with E-state index < -0.39 is 24.3 Å². The molecule has 2 aromatic rings. The first kappa shape index (κ1) is 23.1. The van der Waals surface area contributed by atoms with E-state index in [1.165, 1.54) is 12.1 Å². The normalized spacial score (nSPS) is 11.0. The van der Waals surface area contributed by atoms with Crippen LogP contribution in [0.4, 0.5) is 10.1 Å². The molecule has 2 rings (SSSR count). The maximum Gasteiger partial charge on any atom is 0.308 e. The Morgan fingerprint density at radius 1 is 1.03 bits per heavy atom. The Kier molecular flexibility index (Phi) is 7.69. The number of carbonyl (C=O) groups is 3. The number of amides is 2. The molecule has 0 saturated heterocycles. The summed E-state index contributed by atoms with van der Waals surface area (Å²) >= 11 is 0. The van der Waals surface area contributed by atoms with E-state index in [2.05, 4.69) is 31.4 Å². The molecule has 0 aromatic heterocycles. The number of rotatable bonds is 7. The Balaban J connectivity index is 1.70. The molecule has 0 aliphatic heterocycles. The predicted molar refractivity (Wildman–Crippen MR) is 113 cm³/mol. The second kappa shape index (κ2) is 10.0. The van der Waals surface area contributed by atoms with Crippen molar-refractivity contribution in [1.82, 2.24) is 5.32 Å². The minimum Gasteiger partial charge on any atom is -0.456 e. The summed E-state index contributed by atoms with van der Waals surface area (Å²) in [4.78, 5) is 35.7. The highest BCUT2D eigenvalue weighted by atomic mass is 19.1. The smallest absolute Gasteiger partial charge is 0.308 e. The van der Waals surface area contributed by atoms with Crippen molar-refractivity contribution in [2.24, 2.45) is 0 Å². The monoisotopic (exact) mass is 414 g/mol. The molecule has 0 radical (unpaired) electrons. The summed E-state index contributed by atoms with van der Waals surface area (Å²) in [5.41, 5.74) is 2.37. The molecule has 0 fully saturated rings. The van der Waals surface area contributed by atoms with Crippen LogP contribution in [0.1, 0.15) is 48.7 Å². The fraction of sp³-hybridized carbons (Fsp3) is 0.348. The van der Waals surface area contributed by atoms with E-state index in [1.807, 2.05) is 12.1 Å². The molecule has 0 spiro atoms. The summed E-state index contributed by atoms with van der Waals surface area (Å²) in [5, 5.41) is 5.10. The molecule has 2 N–H and O–H groups in total. The largest absolute Gasteiger partial charge is 0.456 e. The van der Waals surface area contributed by atoms with E-state index in [0.717, 1.165) is 5.56 Å². The lowest BCUT2D eigenvalue weighted by Crippen LogP contribution is -2.27. The minimum atomic E-state index is -0.622. The van der Waals surface area contributed by atoms with Crippen LogP contribution in [-0.2, 0) is 19.7 Å². The SMILES string of the molecule is Cc1ccc(NC(=O)COC(=O)CCNC(=O)c2ccc(C(C)(C)C)cc2)cc1F. The van der Waals surface area contributed by atoms with Crippen molar-refractivity contribution in [1.29, 1.82) is 0 Å². The van der Waals surface area contributed by atoms with Crippen LogP contribution in [0.25, 0.3) is 0 Å². The first-order chi connectivity index (χ1) is 14.1. The van der Waals surface area contributed by atoms with E-state index >= 15 is 0 Å². The van der Waals surface area contributed by atoms with Gasteiger partial charge in [0.25, 0.3) is 11.8 Å². The molecule has 160 valence electrons. The number of nitrogens with one attached hydrogen (secondary N) is 2. The van der Waals surface area contributed by atoms with Crippen LogP contribution in [-0.4, -0.2) is 30.9 Å². The zero-order valence-electron chi connectivity index (χ0n) is 17.7. The number of halogens is 1. The molecule has 0 saturated carbocycles. The highest BCUT2D eigenvalue weighted by molar-refractivity contribution is 5.94. The Morgan fingerprint density at radius 3 is 2.30 bits per heavy atom. The van der Waals surface area contributed by atoms with Gasteiger partial charge in [0.05, 0.1) is 6.42 Å². The standard InChI is InChI=1S/C23H27FN2O4/c1-15-5-10-18(13-19(15)24)26-20(27)14-30-21(28)11-12-25-22(29)16-6-8-17(9-7-16)23(2,3)4/h5-10,13H,11-12,14H2,1-4H3,(H,25,29)(H,26,27). The number of hydrogen-bond acceptors (Lipinski definition) is 4. The van der Waals surface area contributed by atoms with Crippen LogP contribution in [0.3, 0.4) is 0 Å². The number of benzene rings is 2. The van der Waals surface area contributed by atoms with Gasteiger partial charge < -0.3 is 15.4 Å². The third-order valence-electron chi connectivity index (χ3n) is 4.45. The first-order valence-corrected chi connectivity index (χ1v) is 9.66. The molecule has 0 atom stereocenters. The van der Waals surface area contributed by atoms with Crippen LogP contribution < -0.4 is 10.6 Å². The molecular weight excluding hydrogens is 387 g/mol. The van der Waals surface area contributed by atoms with Gasteiger partial charge >= 0.3 is 5.97 Å². The van der Waals surface area contributed by atoms with Crippen molar-refractivity contribution in [2.45, 2.75) is 39.5 Å². The molecule has 0 bridgehead atoms. The molecule has 2 amide bonds. The van der Waals surface area contributed by atoms with Crippen LogP contribution in [0.15, 0.2) is 42.5 Å². The van der Waals surface area contributed by atoms with Crippen LogP contribution in [0.5, 0.6) is 0 Å². The molecule has 2 aromatic carbocycles. The Labute approximate surface area is 175 Å². The van der Waals surface area contributed by atoms with Crippen LogP contribution in [0.2, 0.25) is 0 Å². The number of ether oxygens (including phenoxy) is 1. The van der Waals surface area contributed by atoms with Crippen molar-refractivity contribution in [3.05, 3.63) is 65.0 Å². The van der Waals surface area contributed by atoms with E-state index in [-0.39, 0.29) is 30.0 Å². The van der Waals surface area contributed by atoms with Gasteiger partial charge in [-0.2, -0.15) is 0 Å². The lowest BCUT2D eigenvalue weighted by atomic mass is 9.87. The fourth-order valence-electron chi connectivity index (χ4n) is 2.59. The van der Waals surface area contributed by atoms with Gasteiger partial charge in [-0.3, -0.25) is 14.4 Å². The highest BCUT2D eigenvalue weighted by Crippen LogP contribution is 2.22. The number of esters is 1. The number of anilines is 1. The van der Waals surface area contributed by atoms with Gasteiger partial charge in [0, 0.05) is 17.8 Å². The highest BCUT2D eigenvalue weighted by Gasteiger charge is 2.15. The van der Waals surface area contributed by atoms with Crippen LogP contribution >= 0.6 is 0 Å². The van der Waals surface area contributed by atoms with E-state index in [4.69, 9.17) is 4.74 Å². The van der Waals surface area contributed by atoms with Gasteiger partial charge in [0.2, 0.25) is 0 Å². The Morgan fingerprint density at radius 2 is 1.70 bits per heavy atom. The maximum atomic E-state index is 13.5. The van der Waals surface area contributed by atoms with E-state index in [1.54, 1.807) is 25.1 Å². The van der Waals surface area contributed by atoms with Gasteiger partial charge in [0.15, 0.2) is 6.61 Å². The maximum absolute atomic E-state index is 13.5. The van der Waals surface area contributed by atoms with Gasteiger partial charge in [-0.05, 0) is 47.7 Å². The van der Waals surface area contributed by atoms with Crippen molar-refractivity contribution in [3.8, 4) is 0 Å². The zero-order chi connectivity index (χ0) is 22.3. The van der Waals surface area contributed by atoms with Gasteiger partial charge in [-0.15, -0.1) is 0 Å². The number of hydrogen-bond donors (Lipinski definition) is 2. The van der Waals surface area contributed by atoms with E-state index in [9.17, 15) is 18.8 Å². The van der Waals surface area contributed by atoms with Crippen molar-refractivity contribution in [2.75, 3.05) is 18.5 Å². The summed E-state index contributed by atoms with van der Waals surface area (Å²) in [6, 6.07) is 11.6. The summed E-state index contributed by atoms with van der Waals surface area (Å²) in [6.07, 6.45) is -0.0712. The second-order valence-electron chi connectivity index (χ2n) is 8.01.